The fraction of sp³-hybridized carbons (Fsp3) is 0.318. The second kappa shape index (κ2) is 8.96. The Morgan fingerprint density at radius 2 is 1.93 bits per heavy atom. The predicted octanol–water partition coefficient (Wildman–Crippen LogP) is 4.39. The summed E-state index contributed by atoms with van der Waals surface area (Å²) in [6.07, 6.45) is 7.26. The zero-order valence-corrected chi connectivity index (χ0v) is 16.4. The van der Waals surface area contributed by atoms with E-state index in [1.165, 1.54) is 17.7 Å². The van der Waals surface area contributed by atoms with Gasteiger partial charge in [-0.1, -0.05) is 12.1 Å². The molecule has 0 amide bonds. The van der Waals surface area contributed by atoms with E-state index >= 15 is 0 Å². The van der Waals surface area contributed by atoms with E-state index in [4.69, 9.17) is 4.98 Å². The minimum Gasteiger partial charge on any atom is -0.363 e. The van der Waals surface area contributed by atoms with Crippen molar-refractivity contribution in [3.05, 3.63) is 71.9 Å². The zero-order chi connectivity index (χ0) is 20.1. The summed E-state index contributed by atoms with van der Waals surface area (Å²) in [5.41, 5.74) is 2.23. The Labute approximate surface area is 170 Å². The first-order valence-corrected chi connectivity index (χ1v) is 9.95. The molecular formula is C22H25FN6. The van der Waals surface area contributed by atoms with Crippen LogP contribution >= 0.6 is 0 Å². The number of anilines is 3. The van der Waals surface area contributed by atoms with Crippen LogP contribution in [0.2, 0.25) is 0 Å². The van der Waals surface area contributed by atoms with Gasteiger partial charge in [-0.3, -0.25) is 4.98 Å². The molecule has 7 heteroatoms. The molecule has 1 unspecified atom stereocenters. The Bertz CT molecular complexity index is 926. The maximum absolute atomic E-state index is 13.2. The molecule has 6 nitrogen and oxygen atoms in total. The molecule has 4 rings (SSSR count). The number of pyridine rings is 1. The van der Waals surface area contributed by atoms with E-state index in [1.807, 2.05) is 6.92 Å². The maximum Gasteiger partial charge on any atom is 0.150 e. The Balaban J connectivity index is 1.60. The van der Waals surface area contributed by atoms with Crippen molar-refractivity contribution in [2.75, 3.05) is 23.7 Å². The summed E-state index contributed by atoms with van der Waals surface area (Å²) >= 11 is 0. The number of piperidine rings is 1. The average molecular weight is 392 g/mol. The van der Waals surface area contributed by atoms with Gasteiger partial charge in [-0.15, -0.1) is 0 Å². The average Bonchev–Trinajstić information content (AvgIpc) is 2.75. The zero-order valence-electron chi connectivity index (χ0n) is 16.4. The molecule has 1 aliphatic heterocycles. The molecule has 1 fully saturated rings. The van der Waals surface area contributed by atoms with Gasteiger partial charge >= 0.3 is 0 Å². The van der Waals surface area contributed by atoms with E-state index in [1.54, 1.807) is 30.7 Å². The van der Waals surface area contributed by atoms with Crippen LogP contribution in [0, 0.1) is 5.82 Å². The summed E-state index contributed by atoms with van der Waals surface area (Å²) in [5.74, 6) is 2.35. The lowest BCUT2D eigenvalue weighted by atomic mass is 9.92. The van der Waals surface area contributed by atoms with Crippen molar-refractivity contribution in [1.82, 2.24) is 20.3 Å². The molecule has 2 atom stereocenters. The van der Waals surface area contributed by atoms with Crippen molar-refractivity contribution in [2.45, 2.75) is 31.7 Å². The number of nitrogens with zero attached hydrogens (tertiary/aromatic N) is 3. The molecule has 150 valence electrons. The SMILES string of the molecule is C[C@H](Nc1cc(C2CCCNC2)cc(Nc2cnccn2)n1)c1ccc(F)cc1. The summed E-state index contributed by atoms with van der Waals surface area (Å²) in [5, 5.41) is 10.2. The van der Waals surface area contributed by atoms with E-state index in [0.29, 0.717) is 11.7 Å². The Morgan fingerprint density at radius 1 is 1.10 bits per heavy atom. The predicted molar refractivity (Wildman–Crippen MR) is 113 cm³/mol. The molecule has 0 spiro atoms. The normalized spacial score (nSPS) is 17.5. The summed E-state index contributed by atoms with van der Waals surface area (Å²) in [6.45, 7) is 4.07. The maximum atomic E-state index is 13.2. The summed E-state index contributed by atoms with van der Waals surface area (Å²) in [6, 6.07) is 10.7. The highest BCUT2D eigenvalue weighted by molar-refractivity contribution is 5.57. The van der Waals surface area contributed by atoms with Gasteiger partial charge in [-0.2, -0.15) is 0 Å². The van der Waals surface area contributed by atoms with Gasteiger partial charge in [0.2, 0.25) is 0 Å². The molecule has 0 saturated carbocycles. The Morgan fingerprint density at radius 3 is 2.66 bits per heavy atom. The number of hydrogen-bond donors (Lipinski definition) is 3. The third-order valence-electron chi connectivity index (χ3n) is 5.17. The fourth-order valence-electron chi connectivity index (χ4n) is 3.61. The molecule has 1 aromatic carbocycles. The van der Waals surface area contributed by atoms with Crippen LogP contribution < -0.4 is 16.0 Å². The molecule has 29 heavy (non-hydrogen) atoms. The van der Waals surface area contributed by atoms with E-state index in [2.05, 4.69) is 38.1 Å². The number of benzene rings is 1. The van der Waals surface area contributed by atoms with Crippen molar-refractivity contribution in [3.63, 3.8) is 0 Å². The number of hydrogen-bond acceptors (Lipinski definition) is 6. The van der Waals surface area contributed by atoms with Gasteiger partial charge < -0.3 is 16.0 Å². The lowest BCUT2D eigenvalue weighted by Gasteiger charge is -2.25. The monoisotopic (exact) mass is 392 g/mol. The summed E-state index contributed by atoms with van der Waals surface area (Å²) in [7, 11) is 0. The van der Waals surface area contributed by atoms with E-state index < -0.39 is 0 Å². The van der Waals surface area contributed by atoms with Crippen LogP contribution in [0.1, 0.15) is 42.9 Å². The quantitative estimate of drug-likeness (QED) is 0.578. The molecule has 3 aromatic rings. The summed E-state index contributed by atoms with van der Waals surface area (Å²) in [4.78, 5) is 13.1. The van der Waals surface area contributed by atoms with Crippen LogP contribution in [0.25, 0.3) is 0 Å². The number of halogens is 1. The van der Waals surface area contributed by atoms with Gasteiger partial charge in [0, 0.05) is 25.0 Å². The van der Waals surface area contributed by atoms with Crippen LogP contribution in [0.4, 0.5) is 21.8 Å². The molecule has 2 aromatic heterocycles. The third kappa shape index (κ3) is 5.06. The lowest BCUT2D eigenvalue weighted by molar-refractivity contribution is 0.461. The standard InChI is InChI=1S/C22H25FN6/c1-15(16-4-6-19(23)7-5-16)27-20-11-18(17-3-2-8-24-13-17)12-21(28-20)29-22-14-25-9-10-26-22/h4-7,9-12,14-15,17,24H,2-3,8,13H2,1H3,(H2,26,27,28,29)/t15-,17?/m0/s1. The molecule has 0 aliphatic carbocycles. The van der Waals surface area contributed by atoms with Crippen molar-refractivity contribution >= 4 is 17.5 Å². The lowest BCUT2D eigenvalue weighted by Crippen LogP contribution is -2.28. The van der Waals surface area contributed by atoms with Crippen molar-refractivity contribution in [2.24, 2.45) is 0 Å². The molecular weight excluding hydrogens is 367 g/mol. The second-order valence-corrected chi connectivity index (χ2v) is 7.35. The highest BCUT2D eigenvalue weighted by Gasteiger charge is 2.18. The van der Waals surface area contributed by atoms with E-state index in [0.717, 1.165) is 43.1 Å². The number of nitrogens with one attached hydrogen (secondary N) is 3. The fourth-order valence-corrected chi connectivity index (χ4v) is 3.61. The van der Waals surface area contributed by atoms with Crippen molar-refractivity contribution < 1.29 is 4.39 Å². The number of rotatable bonds is 6. The smallest absolute Gasteiger partial charge is 0.150 e. The minimum absolute atomic E-state index is 0.00722. The van der Waals surface area contributed by atoms with Crippen molar-refractivity contribution in [1.29, 1.82) is 0 Å². The Kier molecular flexibility index (Phi) is 5.95. The van der Waals surface area contributed by atoms with Gasteiger partial charge in [0.15, 0.2) is 0 Å². The van der Waals surface area contributed by atoms with Gasteiger partial charge in [0.25, 0.3) is 0 Å². The summed E-state index contributed by atoms with van der Waals surface area (Å²) < 4.78 is 13.2. The first-order chi connectivity index (χ1) is 14.2. The van der Waals surface area contributed by atoms with Gasteiger partial charge in [-0.25, -0.2) is 14.4 Å². The third-order valence-corrected chi connectivity index (χ3v) is 5.17. The molecule has 0 bridgehead atoms. The molecule has 3 heterocycles. The van der Waals surface area contributed by atoms with Crippen LogP contribution in [0.5, 0.6) is 0 Å². The first kappa shape index (κ1) is 19.3. The largest absolute Gasteiger partial charge is 0.363 e. The van der Waals surface area contributed by atoms with E-state index in [9.17, 15) is 4.39 Å². The van der Waals surface area contributed by atoms with Crippen LogP contribution in [0.15, 0.2) is 55.0 Å². The molecule has 1 aliphatic rings. The van der Waals surface area contributed by atoms with Crippen LogP contribution in [-0.2, 0) is 0 Å². The van der Waals surface area contributed by atoms with Crippen molar-refractivity contribution in [3.8, 4) is 0 Å². The highest BCUT2D eigenvalue weighted by Crippen LogP contribution is 2.29. The van der Waals surface area contributed by atoms with Gasteiger partial charge in [-0.05, 0) is 67.6 Å². The molecule has 3 N–H and O–H groups in total. The topological polar surface area (TPSA) is 74.8 Å². The highest BCUT2D eigenvalue weighted by atomic mass is 19.1. The van der Waals surface area contributed by atoms with Crippen LogP contribution in [-0.4, -0.2) is 28.0 Å². The van der Waals surface area contributed by atoms with E-state index in [-0.39, 0.29) is 11.9 Å². The molecule has 0 radical (unpaired) electrons. The van der Waals surface area contributed by atoms with Gasteiger partial charge in [0.1, 0.15) is 23.3 Å². The first-order valence-electron chi connectivity index (χ1n) is 9.95. The second-order valence-electron chi connectivity index (χ2n) is 7.35. The Hall–Kier alpha value is -3.06. The van der Waals surface area contributed by atoms with Crippen LogP contribution in [0.3, 0.4) is 0 Å². The minimum atomic E-state index is -0.235. The van der Waals surface area contributed by atoms with Gasteiger partial charge in [0.05, 0.1) is 6.20 Å². The number of aromatic nitrogens is 3. The molecule has 1 saturated heterocycles.